The monoisotopic (exact) mass is 448 g/mol. The van der Waals surface area contributed by atoms with Crippen molar-refractivity contribution in [3.05, 3.63) is 54.3 Å². The van der Waals surface area contributed by atoms with Gasteiger partial charge < -0.3 is 4.90 Å². The summed E-state index contributed by atoms with van der Waals surface area (Å²) in [7, 11) is -3.90. The number of carbonyl (C=O) groups excluding carboxylic acids is 1. The molecular weight excluding hydrogens is 423 g/mol. The lowest BCUT2D eigenvalue weighted by Gasteiger charge is -2.33. The van der Waals surface area contributed by atoms with E-state index in [1.165, 1.54) is 22.5 Å². The van der Waals surface area contributed by atoms with E-state index >= 15 is 0 Å². The molecule has 0 aliphatic carbocycles. The number of benzene rings is 2. The number of amides is 1. The van der Waals surface area contributed by atoms with Crippen LogP contribution >= 0.6 is 11.8 Å². The summed E-state index contributed by atoms with van der Waals surface area (Å²) in [6.07, 6.45) is 1.79. The molecular formula is C22H25FN2O3S2. The number of piperidine rings is 1. The van der Waals surface area contributed by atoms with Gasteiger partial charge in [-0.3, -0.25) is 4.79 Å². The van der Waals surface area contributed by atoms with Crippen molar-refractivity contribution in [3.63, 3.8) is 0 Å². The molecule has 2 aromatic rings. The minimum absolute atomic E-state index is 0.0556. The maximum atomic E-state index is 14.0. The smallest absolute Gasteiger partial charge is 0.245 e. The Morgan fingerprint density at radius 1 is 1.00 bits per heavy atom. The quantitative estimate of drug-likeness (QED) is 0.708. The van der Waals surface area contributed by atoms with E-state index in [-0.39, 0.29) is 29.8 Å². The second kappa shape index (κ2) is 8.69. The molecule has 0 saturated carbocycles. The molecule has 4 rings (SSSR count). The molecule has 0 aromatic heterocycles. The van der Waals surface area contributed by atoms with Crippen molar-refractivity contribution >= 4 is 33.4 Å². The Bertz CT molecular complexity index is 1040. The fourth-order valence-corrected chi connectivity index (χ4v) is 6.72. The number of fused-ring (bicyclic) bond motifs is 1. The van der Waals surface area contributed by atoms with Gasteiger partial charge in [0, 0.05) is 35.7 Å². The van der Waals surface area contributed by atoms with Gasteiger partial charge in [-0.2, -0.15) is 4.31 Å². The third-order valence-corrected chi connectivity index (χ3v) is 8.94. The molecule has 5 nitrogen and oxygen atoms in total. The molecule has 0 unspecified atom stereocenters. The lowest BCUT2D eigenvalue weighted by Crippen LogP contribution is -2.45. The summed E-state index contributed by atoms with van der Waals surface area (Å²) in [5, 5.41) is 0.428. The summed E-state index contributed by atoms with van der Waals surface area (Å²) in [5.41, 5.74) is 0.943. The van der Waals surface area contributed by atoms with Gasteiger partial charge in [0.2, 0.25) is 15.9 Å². The molecule has 1 atom stereocenters. The largest absolute Gasteiger partial charge is 0.311 e. The molecule has 1 fully saturated rings. The number of carbonyl (C=O) groups is 1. The molecule has 2 aliphatic heterocycles. The van der Waals surface area contributed by atoms with Gasteiger partial charge in [-0.05, 0) is 43.5 Å². The van der Waals surface area contributed by atoms with Crippen molar-refractivity contribution in [2.45, 2.75) is 41.2 Å². The van der Waals surface area contributed by atoms with Gasteiger partial charge in [0.25, 0.3) is 0 Å². The van der Waals surface area contributed by atoms with Gasteiger partial charge in [0.1, 0.15) is 10.7 Å². The summed E-state index contributed by atoms with van der Waals surface area (Å²) in [5.74, 6) is -0.924. The Kier molecular flexibility index (Phi) is 6.18. The molecule has 0 radical (unpaired) electrons. The molecule has 0 bridgehead atoms. The first-order valence-electron chi connectivity index (χ1n) is 10.2. The number of sulfonamides is 1. The minimum Gasteiger partial charge on any atom is -0.311 e. The van der Waals surface area contributed by atoms with Crippen molar-refractivity contribution in [2.24, 2.45) is 5.92 Å². The fourth-order valence-electron chi connectivity index (χ4n) is 4.07. The first-order chi connectivity index (χ1) is 14.4. The zero-order valence-corrected chi connectivity index (χ0v) is 18.5. The predicted molar refractivity (Wildman–Crippen MR) is 117 cm³/mol. The molecule has 0 spiro atoms. The molecule has 2 aromatic carbocycles. The Morgan fingerprint density at radius 3 is 2.40 bits per heavy atom. The van der Waals surface area contributed by atoms with Crippen molar-refractivity contribution < 1.29 is 17.6 Å². The SMILES string of the molecule is C[C@@H]1CCN(C(=O)C2CCN(S(=O)(=O)c3ccccc3F)CC2)c2ccccc2S1. The number of thioether (sulfide) groups is 1. The minimum atomic E-state index is -3.90. The van der Waals surface area contributed by atoms with Gasteiger partial charge in [-0.15, -0.1) is 11.8 Å². The van der Waals surface area contributed by atoms with Crippen LogP contribution in [0.15, 0.2) is 58.3 Å². The fraction of sp³-hybridized carbons (Fsp3) is 0.409. The van der Waals surface area contributed by atoms with E-state index < -0.39 is 15.8 Å². The van der Waals surface area contributed by atoms with E-state index in [0.717, 1.165) is 23.1 Å². The lowest BCUT2D eigenvalue weighted by atomic mass is 9.96. The zero-order chi connectivity index (χ0) is 21.3. The summed E-state index contributed by atoms with van der Waals surface area (Å²) >= 11 is 1.79. The maximum Gasteiger partial charge on any atom is 0.245 e. The van der Waals surface area contributed by atoms with Crippen molar-refractivity contribution in [1.82, 2.24) is 4.31 Å². The first kappa shape index (κ1) is 21.3. The number of hydrogen-bond donors (Lipinski definition) is 0. The number of hydrogen-bond acceptors (Lipinski definition) is 4. The first-order valence-corrected chi connectivity index (χ1v) is 12.5. The highest BCUT2D eigenvalue weighted by molar-refractivity contribution is 8.00. The van der Waals surface area contributed by atoms with Gasteiger partial charge in [-0.1, -0.05) is 31.2 Å². The topological polar surface area (TPSA) is 57.7 Å². The number of nitrogens with zero attached hydrogens (tertiary/aromatic N) is 2. The van der Waals surface area contributed by atoms with Gasteiger partial charge >= 0.3 is 0 Å². The average Bonchev–Trinajstić information content (AvgIpc) is 2.91. The molecule has 2 heterocycles. The summed E-state index contributed by atoms with van der Waals surface area (Å²) < 4.78 is 41.0. The highest BCUT2D eigenvalue weighted by Crippen LogP contribution is 2.38. The van der Waals surface area contributed by atoms with Crippen molar-refractivity contribution in [1.29, 1.82) is 0 Å². The summed E-state index contributed by atoms with van der Waals surface area (Å²) in [4.78, 5) is 16.0. The van der Waals surface area contributed by atoms with E-state index in [2.05, 4.69) is 6.92 Å². The average molecular weight is 449 g/mol. The van der Waals surface area contributed by atoms with Gasteiger partial charge in [0.15, 0.2) is 0 Å². The van der Waals surface area contributed by atoms with Crippen LogP contribution in [0.2, 0.25) is 0 Å². The van der Waals surface area contributed by atoms with E-state index in [4.69, 9.17) is 0 Å². The third kappa shape index (κ3) is 4.13. The van der Waals surface area contributed by atoms with Gasteiger partial charge in [-0.25, -0.2) is 12.8 Å². The number of para-hydroxylation sites is 1. The normalized spacial score (nSPS) is 21.1. The molecule has 0 N–H and O–H groups in total. The number of rotatable bonds is 3. The number of halogens is 1. The van der Waals surface area contributed by atoms with Crippen LogP contribution in [0.4, 0.5) is 10.1 Å². The van der Waals surface area contributed by atoms with Crippen LogP contribution in [0.3, 0.4) is 0 Å². The molecule has 1 amide bonds. The van der Waals surface area contributed by atoms with E-state index in [1.54, 1.807) is 11.8 Å². The van der Waals surface area contributed by atoms with Crippen molar-refractivity contribution in [3.8, 4) is 0 Å². The van der Waals surface area contributed by atoms with Crippen LogP contribution in [0.1, 0.15) is 26.2 Å². The second-order valence-corrected chi connectivity index (χ2v) is 11.2. The second-order valence-electron chi connectivity index (χ2n) is 7.78. The van der Waals surface area contributed by atoms with Crippen LogP contribution in [0, 0.1) is 11.7 Å². The summed E-state index contributed by atoms with van der Waals surface area (Å²) in [6, 6.07) is 13.4. The molecule has 160 valence electrons. The standard InChI is InChI=1S/C22H25FN2O3S2/c1-16-10-15-25(19-7-3-4-8-20(19)29-16)22(26)17-11-13-24(14-12-17)30(27,28)21-9-5-2-6-18(21)23/h2-9,16-17H,10-15H2,1H3/t16-/m1/s1. The highest BCUT2D eigenvalue weighted by atomic mass is 32.2. The van der Waals surface area contributed by atoms with E-state index in [1.807, 2.05) is 29.2 Å². The molecule has 1 saturated heterocycles. The molecule has 8 heteroatoms. The van der Waals surface area contributed by atoms with Crippen LogP contribution in [-0.4, -0.2) is 43.5 Å². The molecule has 2 aliphatic rings. The van der Waals surface area contributed by atoms with Gasteiger partial charge in [0.05, 0.1) is 5.69 Å². The zero-order valence-electron chi connectivity index (χ0n) is 16.8. The molecule has 30 heavy (non-hydrogen) atoms. The Balaban J connectivity index is 1.48. The van der Waals surface area contributed by atoms with Crippen LogP contribution in [0.5, 0.6) is 0 Å². The Hall–Kier alpha value is -1.90. The maximum absolute atomic E-state index is 14.0. The lowest BCUT2D eigenvalue weighted by molar-refractivity contribution is -0.123. The van der Waals surface area contributed by atoms with Crippen molar-refractivity contribution in [2.75, 3.05) is 24.5 Å². The highest BCUT2D eigenvalue weighted by Gasteiger charge is 2.36. The van der Waals surface area contributed by atoms with Crippen LogP contribution in [0.25, 0.3) is 0 Å². The Morgan fingerprint density at radius 2 is 1.67 bits per heavy atom. The number of anilines is 1. The summed E-state index contributed by atoms with van der Waals surface area (Å²) in [6.45, 7) is 3.26. The van der Waals surface area contributed by atoms with Crippen LogP contribution < -0.4 is 4.90 Å². The third-order valence-electron chi connectivity index (χ3n) is 5.77. The van der Waals surface area contributed by atoms with E-state index in [9.17, 15) is 17.6 Å². The predicted octanol–water partition coefficient (Wildman–Crippen LogP) is 4.14. The van der Waals surface area contributed by atoms with Crippen LogP contribution in [-0.2, 0) is 14.8 Å². The van der Waals surface area contributed by atoms with E-state index in [0.29, 0.717) is 24.6 Å². The Labute approximate surface area is 181 Å².